The molecule has 0 radical (unpaired) electrons. The second-order valence-corrected chi connectivity index (χ2v) is 8.25. The predicted molar refractivity (Wildman–Crippen MR) is 115 cm³/mol. The highest BCUT2D eigenvalue weighted by Crippen LogP contribution is 2.43. The van der Waals surface area contributed by atoms with Gasteiger partial charge in [-0.3, -0.25) is 9.59 Å². The number of amides is 2. The van der Waals surface area contributed by atoms with E-state index in [1.807, 2.05) is 105 Å². The zero-order valence-electron chi connectivity index (χ0n) is 17.2. The molecule has 152 valence electrons. The van der Waals surface area contributed by atoms with E-state index in [-0.39, 0.29) is 18.2 Å². The van der Waals surface area contributed by atoms with Gasteiger partial charge < -0.3 is 0 Å². The average Bonchev–Trinajstić information content (AvgIpc) is 2.79. The molecule has 3 aromatic rings. The Morgan fingerprint density at radius 3 is 1.53 bits per heavy atom. The Hall–Kier alpha value is -3.24. The van der Waals surface area contributed by atoms with E-state index in [9.17, 15) is 9.59 Å². The Labute approximate surface area is 177 Å². The molecular weight excluding hydrogens is 374 g/mol. The normalized spacial score (nSPS) is 16.5. The van der Waals surface area contributed by atoms with E-state index in [0.717, 1.165) is 21.8 Å². The van der Waals surface area contributed by atoms with Gasteiger partial charge >= 0.3 is 0 Å². The molecule has 0 aliphatic carbocycles. The van der Waals surface area contributed by atoms with Crippen LogP contribution in [0.1, 0.15) is 43.4 Å². The molecule has 4 heteroatoms. The number of hydrogen-bond donors (Lipinski definition) is 0. The largest absolute Gasteiger partial charge is 0.272 e. The first kappa shape index (κ1) is 20.0. The Bertz CT molecular complexity index is 933. The number of piperidine rings is 1. The molecule has 4 nitrogen and oxygen atoms in total. The van der Waals surface area contributed by atoms with Crippen molar-refractivity contribution in [2.24, 2.45) is 5.41 Å². The molecule has 1 aliphatic heterocycles. The van der Waals surface area contributed by atoms with Crippen molar-refractivity contribution >= 4 is 11.8 Å². The fraction of sp³-hybridized carbons (Fsp3) is 0.231. The lowest BCUT2D eigenvalue weighted by Gasteiger charge is -2.42. The van der Waals surface area contributed by atoms with Crippen LogP contribution in [0.4, 0.5) is 0 Å². The average molecular weight is 399 g/mol. The fourth-order valence-electron chi connectivity index (χ4n) is 3.92. The number of carbonyl (C=O) groups excluding carboxylic acids is 2. The molecule has 0 atom stereocenters. The molecule has 4 rings (SSSR count). The van der Waals surface area contributed by atoms with Gasteiger partial charge in [-0.05, 0) is 23.1 Å². The highest BCUT2D eigenvalue weighted by Gasteiger charge is 2.47. The lowest BCUT2D eigenvalue weighted by atomic mass is 9.80. The number of rotatable bonds is 5. The summed E-state index contributed by atoms with van der Waals surface area (Å²) in [4.78, 5) is 32.6. The van der Waals surface area contributed by atoms with E-state index in [0.29, 0.717) is 6.42 Å². The standard InChI is InChI=1S/C26H25NO3/c1-25(2)19-18-23(28)27(24(25)29)30-26(20-12-6-3-7-13-20,21-14-8-4-9-15-21)22-16-10-5-11-17-22/h3-17H,18-19H2,1-2H3. The first-order chi connectivity index (χ1) is 14.4. The monoisotopic (exact) mass is 399 g/mol. The van der Waals surface area contributed by atoms with Crippen LogP contribution in [0.2, 0.25) is 0 Å². The number of nitrogens with zero attached hydrogens (tertiary/aromatic N) is 1. The maximum atomic E-state index is 13.2. The molecule has 0 aromatic heterocycles. The summed E-state index contributed by atoms with van der Waals surface area (Å²) in [6, 6.07) is 29.2. The van der Waals surface area contributed by atoms with Crippen molar-refractivity contribution in [2.45, 2.75) is 32.3 Å². The van der Waals surface area contributed by atoms with Crippen molar-refractivity contribution in [1.29, 1.82) is 0 Å². The van der Waals surface area contributed by atoms with Crippen LogP contribution >= 0.6 is 0 Å². The van der Waals surface area contributed by atoms with Crippen molar-refractivity contribution in [3.05, 3.63) is 108 Å². The van der Waals surface area contributed by atoms with Gasteiger partial charge in [0.1, 0.15) is 0 Å². The Morgan fingerprint density at radius 2 is 1.13 bits per heavy atom. The molecule has 0 unspecified atom stereocenters. The molecule has 1 heterocycles. The Balaban J connectivity index is 1.96. The van der Waals surface area contributed by atoms with E-state index < -0.39 is 11.0 Å². The van der Waals surface area contributed by atoms with Gasteiger partial charge in [-0.1, -0.05) is 105 Å². The summed E-state index contributed by atoms with van der Waals surface area (Å²) in [5.41, 5.74) is 0.704. The number of hydrogen-bond acceptors (Lipinski definition) is 3. The second-order valence-electron chi connectivity index (χ2n) is 8.25. The van der Waals surface area contributed by atoms with Gasteiger partial charge in [0.2, 0.25) is 0 Å². The fourth-order valence-corrected chi connectivity index (χ4v) is 3.92. The first-order valence-corrected chi connectivity index (χ1v) is 10.2. The minimum Gasteiger partial charge on any atom is -0.272 e. The number of benzene rings is 3. The zero-order chi connectivity index (χ0) is 21.2. The van der Waals surface area contributed by atoms with Gasteiger partial charge in [0.15, 0.2) is 5.60 Å². The quantitative estimate of drug-likeness (QED) is 0.444. The predicted octanol–water partition coefficient (Wildman–Crippen LogP) is 5.09. The first-order valence-electron chi connectivity index (χ1n) is 10.2. The van der Waals surface area contributed by atoms with Crippen LogP contribution in [0, 0.1) is 5.41 Å². The van der Waals surface area contributed by atoms with Gasteiger partial charge in [0.25, 0.3) is 11.8 Å². The van der Waals surface area contributed by atoms with E-state index in [1.165, 1.54) is 0 Å². The van der Waals surface area contributed by atoms with Crippen molar-refractivity contribution in [3.8, 4) is 0 Å². The van der Waals surface area contributed by atoms with Crippen LogP contribution in [0.5, 0.6) is 0 Å². The SMILES string of the molecule is CC1(C)CCC(=O)N(OC(c2ccccc2)(c2ccccc2)c2ccccc2)C1=O. The summed E-state index contributed by atoms with van der Waals surface area (Å²) in [6.07, 6.45) is 0.784. The van der Waals surface area contributed by atoms with Gasteiger partial charge in [-0.15, -0.1) is 0 Å². The molecule has 1 aliphatic rings. The molecule has 30 heavy (non-hydrogen) atoms. The topological polar surface area (TPSA) is 46.6 Å². The Kier molecular flexibility index (Phi) is 5.27. The van der Waals surface area contributed by atoms with Gasteiger partial charge in [-0.2, -0.15) is 5.06 Å². The highest BCUT2D eigenvalue weighted by atomic mass is 16.7. The van der Waals surface area contributed by atoms with Gasteiger partial charge in [-0.25, -0.2) is 4.84 Å². The summed E-state index contributed by atoms with van der Waals surface area (Å²) in [7, 11) is 0. The number of hydroxylamine groups is 2. The molecule has 0 saturated carbocycles. The van der Waals surface area contributed by atoms with Gasteiger partial charge in [0.05, 0.1) is 0 Å². The summed E-state index contributed by atoms with van der Waals surface area (Å²) < 4.78 is 0. The maximum Gasteiger partial charge on any atom is 0.259 e. The molecule has 0 spiro atoms. The lowest BCUT2D eigenvalue weighted by molar-refractivity contribution is -0.233. The summed E-state index contributed by atoms with van der Waals surface area (Å²) in [6.45, 7) is 3.71. The van der Waals surface area contributed by atoms with Crippen molar-refractivity contribution < 1.29 is 14.4 Å². The molecule has 0 bridgehead atoms. The van der Waals surface area contributed by atoms with E-state index in [2.05, 4.69) is 0 Å². The lowest BCUT2D eigenvalue weighted by Crippen LogP contribution is -2.53. The molecule has 1 fully saturated rings. The van der Waals surface area contributed by atoms with Crippen LogP contribution in [0.25, 0.3) is 0 Å². The minimum atomic E-state index is -1.15. The Morgan fingerprint density at radius 1 is 0.733 bits per heavy atom. The van der Waals surface area contributed by atoms with Crippen LogP contribution in [0.15, 0.2) is 91.0 Å². The molecule has 0 N–H and O–H groups in total. The van der Waals surface area contributed by atoms with Crippen molar-refractivity contribution in [2.75, 3.05) is 0 Å². The summed E-state index contributed by atoms with van der Waals surface area (Å²) in [5, 5.41) is 0.997. The highest BCUT2D eigenvalue weighted by molar-refractivity contribution is 5.99. The van der Waals surface area contributed by atoms with E-state index in [1.54, 1.807) is 0 Å². The van der Waals surface area contributed by atoms with Crippen LogP contribution < -0.4 is 0 Å². The molecular formula is C26H25NO3. The third-order valence-corrected chi connectivity index (χ3v) is 5.72. The maximum absolute atomic E-state index is 13.2. The van der Waals surface area contributed by atoms with Crippen LogP contribution in [0.3, 0.4) is 0 Å². The third-order valence-electron chi connectivity index (χ3n) is 5.72. The van der Waals surface area contributed by atoms with Crippen LogP contribution in [-0.2, 0) is 20.0 Å². The summed E-state index contributed by atoms with van der Waals surface area (Å²) >= 11 is 0. The second kappa shape index (κ2) is 7.88. The smallest absolute Gasteiger partial charge is 0.259 e. The third kappa shape index (κ3) is 3.44. The minimum absolute atomic E-state index is 0.271. The molecule has 2 amide bonds. The molecule has 3 aromatic carbocycles. The van der Waals surface area contributed by atoms with E-state index >= 15 is 0 Å². The van der Waals surface area contributed by atoms with Crippen LogP contribution in [-0.4, -0.2) is 16.9 Å². The molecule has 1 saturated heterocycles. The number of imide groups is 1. The number of carbonyl (C=O) groups is 2. The van der Waals surface area contributed by atoms with Gasteiger partial charge in [0, 0.05) is 11.8 Å². The van der Waals surface area contributed by atoms with Crippen molar-refractivity contribution in [3.63, 3.8) is 0 Å². The van der Waals surface area contributed by atoms with E-state index in [4.69, 9.17) is 4.84 Å². The van der Waals surface area contributed by atoms with Crippen molar-refractivity contribution in [1.82, 2.24) is 5.06 Å². The zero-order valence-corrected chi connectivity index (χ0v) is 17.2. The summed E-state index contributed by atoms with van der Waals surface area (Å²) in [5.74, 6) is -0.627.